The van der Waals surface area contributed by atoms with E-state index >= 15 is 0 Å². The number of aromatic nitrogens is 2. The number of phosphoric ester groups is 1. The first-order valence-electron chi connectivity index (χ1n) is 41.5. The van der Waals surface area contributed by atoms with Crippen LogP contribution in [-0.4, -0.2) is 268 Å². The summed E-state index contributed by atoms with van der Waals surface area (Å²) < 4.78 is 54.1. The number of imidazole rings is 1. The van der Waals surface area contributed by atoms with Crippen molar-refractivity contribution in [1.82, 2.24) is 14.9 Å². The van der Waals surface area contributed by atoms with Gasteiger partial charge in [0.25, 0.3) is 7.82 Å². The zero-order valence-electron chi connectivity index (χ0n) is 72.3. The molecule has 43 nitrogen and oxygen atoms in total. The van der Waals surface area contributed by atoms with Gasteiger partial charge in [-0.05, 0) is 125 Å². The number of aliphatic hydroxyl groups is 9. The van der Waals surface area contributed by atoms with Crippen molar-refractivity contribution in [2.45, 2.75) is 287 Å². The second kappa shape index (κ2) is 41.2. The molecule has 1 saturated carbocycles. The number of benzene rings is 1. The Hall–Kier alpha value is -7.60. The number of allylic oxidation sites excluding steroid dienone is 6. The molecule has 702 valence electrons. The third-order valence-corrected chi connectivity index (χ3v) is 28.1. The zero-order valence-corrected chi connectivity index (χ0v) is 74.2. The van der Waals surface area contributed by atoms with Crippen LogP contribution in [0.4, 0.5) is 0 Å². The molecule has 1 aromatic carbocycles. The van der Waals surface area contributed by atoms with Crippen LogP contribution in [0.5, 0.6) is 0 Å². The van der Waals surface area contributed by atoms with Crippen LogP contribution in [-0.2, 0) is 87.6 Å². The van der Waals surface area contributed by atoms with Gasteiger partial charge in [-0.3, -0.25) is 53.1 Å². The molecule has 9 heterocycles. The molecule has 8 bridgehead atoms. The molecule has 4 saturated heterocycles. The Morgan fingerprint density at radius 3 is 1.78 bits per heavy atom. The van der Waals surface area contributed by atoms with Gasteiger partial charge in [-0.1, -0.05) is 40.7 Å². The van der Waals surface area contributed by atoms with Gasteiger partial charge >= 0.3 is 16.8 Å². The fraction of sp³-hybridized carbons (Fsp3) is 0.704. The van der Waals surface area contributed by atoms with E-state index in [4.69, 9.17) is 122 Å². The minimum absolute atomic E-state index is 0. The summed E-state index contributed by atoms with van der Waals surface area (Å²) in [5.41, 5.74) is 60.2. The van der Waals surface area contributed by atoms with E-state index in [9.17, 15) is 89.0 Å². The van der Waals surface area contributed by atoms with E-state index in [1.165, 1.54) is 17.8 Å². The number of nitrogens with one attached hydrogen (secondary N) is 1. The maximum absolute atomic E-state index is 14.4. The molecule has 0 spiro atoms. The van der Waals surface area contributed by atoms with E-state index in [1.807, 2.05) is 80.5 Å². The summed E-state index contributed by atoms with van der Waals surface area (Å²) in [6.45, 7) is 23.0. The third-order valence-electron chi connectivity index (χ3n) is 27.0. The van der Waals surface area contributed by atoms with Gasteiger partial charge in [-0.15, -0.1) is 0 Å². The minimum Gasteiger partial charge on any atom is -0.756 e. The molecule has 30 N–H and O–H groups in total. The van der Waals surface area contributed by atoms with E-state index in [0.717, 1.165) is 11.1 Å². The SMILES string of the molecule is C/C1=C2/[N-][C@H]([C@H](CC(N)=O)[C@@]2(C)CCC(=O)NC[C@@H](C)OP(=O)([O-])O[C@H]2[C@@H](O)[C@H](n3cnc4cc(C)c(C)cc43)O[C@@H]2CO)[C@]2(C)N=C(/C(C)=C3N=C(/C=C4N=C1[C@@H](CCC(N)=O)C\4(C)C)[C@@H](CCC(N)=O)[C@]\3(C)CC(N)=O)[C@@H](CCC(N)=O)[C@]2(C)CC(N)=O.NC[C@H]1O[C@H](O[C@H]2[C@H](O)[C@@H](O[C@H]3O[C@H](CO)[C@@H](O)[C@H](N)[C@H]3O)[C@H](N)C[C@@H]2N)[C@H](O)[C@@H](O)[C@@H]1O.[C-]#N.[Co+3]. The number of rotatable bonds is 32. The number of carbonyl (C=O) groups is 7. The predicted molar refractivity (Wildman–Crippen MR) is 444 cm³/mol. The Morgan fingerprint density at radius 2 is 1.22 bits per heavy atom. The fourth-order valence-corrected chi connectivity index (χ4v) is 20.8. The Kier molecular flexibility index (Phi) is 34.0. The number of hydrogen-bond acceptors (Lipinski definition) is 34. The molecule has 7 amide bonds. The number of nitrogens with two attached hydrogens (primary N) is 10. The molecule has 2 aromatic rings. The van der Waals surface area contributed by atoms with E-state index in [0.29, 0.717) is 56.4 Å². The number of aliphatic hydroxyl groups excluding tert-OH is 9. The predicted octanol–water partition coefficient (Wildman–Crippen LogP) is -3.88. The number of phosphoric acid groups is 1. The van der Waals surface area contributed by atoms with E-state index < -0.39 is 242 Å². The van der Waals surface area contributed by atoms with Crippen molar-refractivity contribution in [1.29, 1.82) is 5.26 Å². The minimum atomic E-state index is -5.32. The van der Waals surface area contributed by atoms with Crippen molar-refractivity contribution < 1.29 is 138 Å². The number of amides is 7. The molecule has 0 radical (unpaired) electrons. The first kappa shape index (κ1) is 104. The fourth-order valence-electron chi connectivity index (χ4n) is 19.7. The van der Waals surface area contributed by atoms with Crippen LogP contribution in [0.25, 0.3) is 16.4 Å². The van der Waals surface area contributed by atoms with Crippen LogP contribution in [0, 0.1) is 71.0 Å². The van der Waals surface area contributed by atoms with Crippen molar-refractivity contribution >= 4 is 77.3 Å². The summed E-state index contributed by atoms with van der Waals surface area (Å²) in [5.74, 6) is -7.40. The van der Waals surface area contributed by atoms with Crippen LogP contribution in [0.2, 0.25) is 0 Å². The summed E-state index contributed by atoms with van der Waals surface area (Å²) in [6, 6.07) is -0.207. The smallest absolute Gasteiger partial charge is 0.756 e. The number of primary amides is 6. The van der Waals surface area contributed by atoms with E-state index in [1.54, 1.807) is 6.92 Å². The van der Waals surface area contributed by atoms with E-state index in [-0.39, 0.29) is 107 Å². The number of aryl methyl sites for hydroxylation is 2. The Labute approximate surface area is 739 Å². The number of ether oxygens (including phenoxy) is 5. The molecule has 45 heteroatoms. The summed E-state index contributed by atoms with van der Waals surface area (Å²) in [7, 11) is -5.32. The second-order valence-corrected chi connectivity index (χ2v) is 37.1. The van der Waals surface area contributed by atoms with Gasteiger partial charge in [-0.25, -0.2) is 4.98 Å². The molecule has 5 fully saturated rings. The topological polar surface area (TPSA) is 771 Å². The van der Waals surface area contributed by atoms with Crippen molar-refractivity contribution in [2.75, 3.05) is 26.3 Å². The monoisotopic (exact) mass is 1840 g/mol. The summed E-state index contributed by atoms with van der Waals surface area (Å²) >= 11 is 0. The van der Waals surface area contributed by atoms with Gasteiger partial charge in [0.1, 0.15) is 79.4 Å². The van der Waals surface area contributed by atoms with Crippen LogP contribution >= 0.6 is 7.82 Å². The van der Waals surface area contributed by atoms with E-state index in [2.05, 4.69) is 10.3 Å². The maximum atomic E-state index is 14.4. The number of aliphatic imine (C=N–C) groups is 3. The molecule has 8 aliphatic heterocycles. The van der Waals surface area contributed by atoms with Gasteiger partial charge < -0.3 is 168 Å². The average molecular weight is 1840 g/mol. The number of nitrogens with zero attached hydrogens (tertiary/aromatic N) is 7. The maximum Gasteiger partial charge on any atom is 3.00 e. The average Bonchev–Trinajstić information content (AvgIpc) is 1.52. The molecule has 1 unspecified atom stereocenters. The third kappa shape index (κ3) is 21.0. The van der Waals surface area contributed by atoms with Gasteiger partial charge in [-0.2, -0.15) is 5.70 Å². The molecule has 11 rings (SSSR count). The summed E-state index contributed by atoms with van der Waals surface area (Å²) in [5, 5.41) is 107. The van der Waals surface area contributed by atoms with Crippen LogP contribution in [0.1, 0.15) is 157 Å². The number of hydrogen-bond donors (Lipinski definition) is 20. The summed E-state index contributed by atoms with van der Waals surface area (Å²) in [4.78, 5) is 128. The van der Waals surface area contributed by atoms with Crippen LogP contribution in [0.15, 0.2) is 67.8 Å². The zero-order chi connectivity index (χ0) is 93.3. The normalized spacial score (nSPS) is 38.5. The largest absolute Gasteiger partial charge is 3.00 e. The molecule has 30 atom stereocenters. The second-order valence-electron chi connectivity index (χ2n) is 35.8. The van der Waals surface area contributed by atoms with Gasteiger partial charge in [0, 0.05) is 127 Å². The van der Waals surface area contributed by atoms with Gasteiger partial charge in [0.15, 0.2) is 18.8 Å². The molecular weight excluding hydrogens is 1710 g/mol. The molecular formula is C81H124CoN18O25P. The van der Waals surface area contributed by atoms with Crippen LogP contribution in [0.3, 0.4) is 0 Å². The standard InChI is InChI=1S/C62H90N13O14P.C18H36N4O11.CN.Co/c1-29-20-39-40(21-30(29)2)75(28-70-39)57-52(84)53(41(27-76)87-57)89-90(85,86)88-31(3)26-69-49(83)18-19-59(8)37(22-46(66)80)56-62(11)61(10,25-48(68)82)36(14-17-45(65)79)51(74-62)33(5)55-60(9,24-47(67)81)34(12-15-43(63)77)38(71-55)23-42-58(6,7)35(13-16-44(64)78)50(72-42)32(4)54(59)73-56;19-2-6-10(25)12(27)13(28)18(30-6)33-16-5(21)1-4(20)15(14(16)29)32-17-11(26)8(22)9(24)7(3-23)31-17;1-2;/h20-21,23,28,31,34-37,41,52-53,56-57,76,84H,12-19,22,24-27H2,1-11H3,(H15,63,64,65,66,67,68,69,71,72,73,74,77,78,79,80,81,82,83,85,86);4-18,23-29H,1-3,19-22H2;;/q;;-1;+3/p-2/t31-,34-,35-,36-,37+,41-,52-,53-,56-,57-,59-,60+,61+,62+;4-,5+,6-,7-,8+,9-,10-,11-,12+,13-,14-,15+,16-,17-,18-;;/m11../s1. The quantitative estimate of drug-likeness (QED) is 0.0246. The molecule has 126 heavy (non-hydrogen) atoms. The van der Waals surface area contributed by atoms with Crippen molar-refractivity contribution in [2.24, 2.45) is 118 Å². The Balaban J connectivity index is 0.000000455. The Morgan fingerprint density at radius 1 is 0.667 bits per heavy atom. The van der Waals surface area contributed by atoms with Crippen molar-refractivity contribution in [3.05, 3.63) is 75.8 Å². The van der Waals surface area contributed by atoms with Crippen LogP contribution < -0.4 is 67.5 Å². The first-order valence-corrected chi connectivity index (χ1v) is 43.0. The number of fused-ring (bicyclic) bond motifs is 7. The van der Waals surface area contributed by atoms with Crippen molar-refractivity contribution in [3.8, 4) is 0 Å². The molecule has 9 aliphatic rings. The van der Waals surface area contributed by atoms with Crippen molar-refractivity contribution in [3.63, 3.8) is 0 Å². The van der Waals surface area contributed by atoms with Gasteiger partial charge in [0.2, 0.25) is 41.4 Å². The first-order chi connectivity index (χ1) is 58.3. The Bertz CT molecular complexity index is 4580. The molecule has 1 aliphatic carbocycles. The van der Waals surface area contributed by atoms with Gasteiger partial charge in [0.05, 0.1) is 54.0 Å². The number of carbonyl (C=O) groups excluding carboxylic acids is 7. The summed E-state index contributed by atoms with van der Waals surface area (Å²) in [6.07, 6.45) is -21.2. The molecule has 1 aromatic heterocycles.